The van der Waals surface area contributed by atoms with Crippen molar-refractivity contribution >= 4 is 11.6 Å². The summed E-state index contributed by atoms with van der Waals surface area (Å²) in [6.45, 7) is 7.89. The van der Waals surface area contributed by atoms with Gasteiger partial charge in [-0.25, -0.2) is 0 Å². The number of likely N-dealkylation sites (tertiary alicyclic amines) is 1. The van der Waals surface area contributed by atoms with Gasteiger partial charge in [0.15, 0.2) is 0 Å². The van der Waals surface area contributed by atoms with Crippen LogP contribution < -0.4 is 5.32 Å². The molecule has 1 fully saturated rings. The standard InChI is InChI=1S/C15H23ClN2/c1-3-17-15-5-4-10-18(11-15)12(2)13-6-8-14(16)9-7-13/h6-9,12,15,17H,3-5,10-11H2,1-2H3. The maximum Gasteiger partial charge on any atom is 0.0406 e. The summed E-state index contributed by atoms with van der Waals surface area (Å²) in [5.41, 5.74) is 1.36. The van der Waals surface area contributed by atoms with Gasteiger partial charge >= 0.3 is 0 Å². The van der Waals surface area contributed by atoms with E-state index < -0.39 is 0 Å². The van der Waals surface area contributed by atoms with Crippen molar-refractivity contribution in [2.75, 3.05) is 19.6 Å². The van der Waals surface area contributed by atoms with Gasteiger partial charge in [-0.05, 0) is 50.6 Å². The number of halogens is 1. The highest BCUT2D eigenvalue weighted by Gasteiger charge is 2.23. The second-order valence-corrected chi connectivity index (χ2v) is 5.56. The number of nitrogens with zero attached hydrogens (tertiary/aromatic N) is 1. The molecule has 1 N–H and O–H groups in total. The molecule has 2 nitrogen and oxygen atoms in total. The Morgan fingerprint density at radius 2 is 2.11 bits per heavy atom. The number of likely N-dealkylation sites (N-methyl/N-ethyl adjacent to an activating group) is 1. The van der Waals surface area contributed by atoms with Crippen molar-refractivity contribution in [1.82, 2.24) is 10.2 Å². The molecular formula is C15H23ClN2. The zero-order valence-corrected chi connectivity index (χ0v) is 12.1. The Balaban J connectivity index is 1.99. The first-order valence-electron chi connectivity index (χ1n) is 6.93. The fourth-order valence-corrected chi connectivity index (χ4v) is 2.89. The van der Waals surface area contributed by atoms with E-state index in [4.69, 9.17) is 11.6 Å². The Kier molecular flexibility index (Phi) is 5.04. The van der Waals surface area contributed by atoms with Gasteiger partial charge in [0.05, 0.1) is 0 Å². The van der Waals surface area contributed by atoms with E-state index in [0.717, 1.165) is 18.1 Å². The first-order chi connectivity index (χ1) is 8.70. The van der Waals surface area contributed by atoms with E-state index in [1.807, 2.05) is 12.1 Å². The molecule has 3 heteroatoms. The van der Waals surface area contributed by atoms with Crippen molar-refractivity contribution in [3.63, 3.8) is 0 Å². The predicted molar refractivity (Wildman–Crippen MR) is 78.1 cm³/mol. The Morgan fingerprint density at radius 1 is 1.39 bits per heavy atom. The molecule has 1 aliphatic rings. The molecule has 0 amide bonds. The van der Waals surface area contributed by atoms with Crippen LogP contribution in [0.1, 0.15) is 38.3 Å². The molecule has 0 aliphatic carbocycles. The summed E-state index contributed by atoms with van der Waals surface area (Å²) in [5.74, 6) is 0. The normalized spacial score (nSPS) is 22.9. The third-order valence-corrected chi connectivity index (χ3v) is 4.10. The zero-order chi connectivity index (χ0) is 13.0. The van der Waals surface area contributed by atoms with E-state index in [-0.39, 0.29) is 0 Å². The van der Waals surface area contributed by atoms with Crippen LogP contribution >= 0.6 is 11.6 Å². The molecule has 1 aromatic rings. The third-order valence-electron chi connectivity index (χ3n) is 3.85. The lowest BCUT2D eigenvalue weighted by molar-refractivity contribution is 0.147. The highest BCUT2D eigenvalue weighted by Crippen LogP contribution is 2.25. The van der Waals surface area contributed by atoms with Crippen LogP contribution in [-0.2, 0) is 0 Å². The van der Waals surface area contributed by atoms with Crippen LogP contribution in [0.4, 0.5) is 0 Å². The molecule has 2 rings (SSSR count). The molecule has 100 valence electrons. The second kappa shape index (κ2) is 6.55. The average molecular weight is 267 g/mol. The maximum absolute atomic E-state index is 5.94. The summed E-state index contributed by atoms with van der Waals surface area (Å²) in [7, 11) is 0. The van der Waals surface area contributed by atoms with Gasteiger partial charge in [-0.15, -0.1) is 0 Å². The lowest BCUT2D eigenvalue weighted by atomic mass is 10.0. The number of rotatable bonds is 4. The fraction of sp³-hybridized carbons (Fsp3) is 0.600. The van der Waals surface area contributed by atoms with E-state index in [0.29, 0.717) is 12.1 Å². The molecule has 0 aromatic heterocycles. The minimum atomic E-state index is 0.476. The molecule has 1 aromatic carbocycles. The summed E-state index contributed by atoms with van der Waals surface area (Å²) in [4.78, 5) is 2.57. The maximum atomic E-state index is 5.94. The van der Waals surface area contributed by atoms with Crippen molar-refractivity contribution in [2.45, 2.75) is 38.8 Å². The Hall–Kier alpha value is -0.570. The molecular weight excluding hydrogens is 244 g/mol. The van der Waals surface area contributed by atoms with E-state index in [1.54, 1.807) is 0 Å². The average Bonchev–Trinajstić information content (AvgIpc) is 2.39. The van der Waals surface area contributed by atoms with Crippen molar-refractivity contribution in [3.8, 4) is 0 Å². The second-order valence-electron chi connectivity index (χ2n) is 5.12. The molecule has 2 atom stereocenters. The van der Waals surface area contributed by atoms with Gasteiger partial charge in [-0.3, -0.25) is 4.90 Å². The molecule has 18 heavy (non-hydrogen) atoms. The van der Waals surface area contributed by atoms with E-state index in [9.17, 15) is 0 Å². The lowest BCUT2D eigenvalue weighted by Crippen LogP contribution is -2.46. The van der Waals surface area contributed by atoms with Crippen molar-refractivity contribution in [3.05, 3.63) is 34.9 Å². The van der Waals surface area contributed by atoms with Crippen LogP contribution in [0.5, 0.6) is 0 Å². The topological polar surface area (TPSA) is 15.3 Å². The van der Waals surface area contributed by atoms with E-state index in [1.165, 1.54) is 24.9 Å². The summed E-state index contributed by atoms with van der Waals surface area (Å²) < 4.78 is 0. The van der Waals surface area contributed by atoms with Gasteiger partial charge in [-0.2, -0.15) is 0 Å². The van der Waals surface area contributed by atoms with Crippen LogP contribution in [0.3, 0.4) is 0 Å². The van der Waals surface area contributed by atoms with E-state index in [2.05, 4.69) is 36.2 Å². The predicted octanol–water partition coefficient (Wildman–Crippen LogP) is 3.47. The molecule has 1 saturated heterocycles. The molecule has 1 aliphatic heterocycles. The SMILES string of the molecule is CCNC1CCCN(C(C)c2ccc(Cl)cc2)C1. The molecule has 2 unspecified atom stereocenters. The van der Waals surface area contributed by atoms with Crippen LogP contribution in [-0.4, -0.2) is 30.6 Å². The van der Waals surface area contributed by atoms with Crippen LogP contribution in [0.15, 0.2) is 24.3 Å². The minimum Gasteiger partial charge on any atom is -0.313 e. The summed E-state index contributed by atoms with van der Waals surface area (Å²) >= 11 is 5.94. The van der Waals surface area contributed by atoms with Crippen LogP contribution in [0.25, 0.3) is 0 Å². The molecule has 0 bridgehead atoms. The Bertz CT molecular complexity index is 361. The van der Waals surface area contributed by atoms with Gasteiger partial charge < -0.3 is 5.32 Å². The number of hydrogen-bond acceptors (Lipinski definition) is 2. The number of piperidine rings is 1. The number of nitrogens with one attached hydrogen (secondary N) is 1. The van der Waals surface area contributed by atoms with Crippen molar-refractivity contribution < 1.29 is 0 Å². The third kappa shape index (κ3) is 3.47. The lowest BCUT2D eigenvalue weighted by Gasteiger charge is -2.37. The highest BCUT2D eigenvalue weighted by atomic mass is 35.5. The van der Waals surface area contributed by atoms with Gasteiger partial charge in [0.1, 0.15) is 0 Å². The molecule has 1 heterocycles. The molecule has 0 saturated carbocycles. The minimum absolute atomic E-state index is 0.476. The van der Waals surface area contributed by atoms with Crippen molar-refractivity contribution in [1.29, 1.82) is 0 Å². The van der Waals surface area contributed by atoms with Crippen LogP contribution in [0.2, 0.25) is 5.02 Å². The smallest absolute Gasteiger partial charge is 0.0406 e. The molecule has 0 spiro atoms. The largest absolute Gasteiger partial charge is 0.313 e. The Labute approximate surface area is 115 Å². The first-order valence-corrected chi connectivity index (χ1v) is 7.31. The fourth-order valence-electron chi connectivity index (χ4n) is 2.77. The van der Waals surface area contributed by atoms with Gasteiger partial charge in [0.2, 0.25) is 0 Å². The summed E-state index contributed by atoms with van der Waals surface area (Å²) in [5, 5.41) is 4.38. The van der Waals surface area contributed by atoms with Gasteiger partial charge in [-0.1, -0.05) is 30.7 Å². The quantitative estimate of drug-likeness (QED) is 0.898. The van der Waals surface area contributed by atoms with Crippen molar-refractivity contribution in [2.24, 2.45) is 0 Å². The Morgan fingerprint density at radius 3 is 2.78 bits per heavy atom. The first kappa shape index (κ1) is 13.9. The van der Waals surface area contributed by atoms with Gasteiger partial charge in [0, 0.05) is 23.7 Å². The molecule has 0 radical (unpaired) electrons. The number of benzene rings is 1. The van der Waals surface area contributed by atoms with Gasteiger partial charge in [0.25, 0.3) is 0 Å². The van der Waals surface area contributed by atoms with Crippen LogP contribution in [0, 0.1) is 0 Å². The number of hydrogen-bond donors (Lipinski definition) is 1. The zero-order valence-electron chi connectivity index (χ0n) is 11.3. The van der Waals surface area contributed by atoms with E-state index >= 15 is 0 Å². The highest BCUT2D eigenvalue weighted by molar-refractivity contribution is 6.30. The summed E-state index contributed by atoms with van der Waals surface area (Å²) in [6, 6.07) is 9.38. The summed E-state index contributed by atoms with van der Waals surface area (Å²) in [6.07, 6.45) is 2.59. The monoisotopic (exact) mass is 266 g/mol.